The molecule has 0 aromatic carbocycles. The first-order valence-corrected chi connectivity index (χ1v) is 7.39. The molecule has 19 heavy (non-hydrogen) atoms. The van der Waals surface area contributed by atoms with E-state index in [-0.39, 0.29) is 24.4 Å². The van der Waals surface area contributed by atoms with Gasteiger partial charge in [0.1, 0.15) is 0 Å². The molecule has 5 nitrogen and oxygen atoms in total. The van der Waals surface area contributed by atoms with E-state index in [1.54, 1.807) is 4.90 Å². The van der Waals surface area contributed by atoms with Gasteiger partial charge in [0, 0.05) is 18.5 Å². The Morgan fingerprint density at radius 1 is 1.42 bits per heavy atom. The van der Waals surface area contributed by atoms with Gasteiger partial charge < -0.3 is 16.0 Å². The smallest absolute Gasteiger partial charge is 0.237 e. The summed E-state index contributed by atoms with van der Waals surface area (Å²) in [6.07, 6.45) is 4.78. The summed E-state index contributed by atoms with van der Waals surface area (Å²) in [4.78, 5) is 25.5. The summed E-state index contributed by atoms with van der Waals surface area (Å²) < 4.78 is 0. The topological polar surface area (TPSA) is 75.4 Å². The van der Waals surface area contributed by atoms with E-state index in [2.05, 4.69) is 12.2 Å². The molecule has 0 spiro atoms. The van der Waals surface area contributed by atoms with Crippen LogP contribution in [0.25, 0.3) is 0 Å². The molecule has 1 heterocycles. The van der Waals surface area contributed by atoms with Crippen LogP contribution in [-0.2, 0) is 9.59 Å². The van der Waals surface area contributed by atoms with Crippen molar-refractivity contribution in [3.05, 3.63) is 0 Å². The van der Waals surface area contributed by atoms with E-state index in [4.69, 9.17) is 5.73 Å². The van der Waals surface area contributed by atoms with Crippen molar-refractivity contribution in [1.29, 1.82) is 0 Å². The molecule has 0 aromatic heterocycles. The zero-order valence-electron chi connectivity index (χ0n) is 12.2. The van der Waals surface area contributed by atoms with E-state index < -0.39 is 5.91 Å². The van der Waals surface area contributed by atoms with E-state index >= 15 is 0 Å². The fourth-order valence-corrected chi connectivity index (χ4v) is 2.65. The third kappa shape index (κ3) is 4.82. The summed E-state index contributed by atoms with van der Waals surface area (Å²) in [6, 6.07) is 0.121. The second-order valence-corrected chi connectivity index (χ2v) is 5.33. The third-order valence-corrected chi connectivity index (χ3v) is 3.83. The summed E-state index contributed by atoms with van der Waals surface area (Å²) in [5.41, 5.74) is 5.29. The average molecular weight is 269 g/mol. The van der Waals surface area contributed by atoms with Gasteiger partial charge in [0.15, 0.2) is 0 Å². The molecule has 1 rings (SSSR count). The van der Waals surface area contributed by atoms with Gasteiger partial charge in [-0.1, -0.05) is 26.7 Å². The lowest BCUT2D eigenvalue weighted by atomic mass is 9.96. The van der Waals surface area contributed by atoms with Gasteiger partial charge in [-0.25, -0.2) is 0 Å². The van der Waals surface area contributed by atoms with Crippen LogP contribution < -0.4 is 11.1 Å². The van der Waals surface area contributed by atoms with E-state index in [0.29, 0.717) is 0 Å². The number of hydrogen-bond acceptors (Lipinski definition) is 3. The standard InChI is InChI=1S/C14H27N3O2/c1-3-5-6-11(4-2)14(19)17(10-13(15)18)12-7-8-16-9-12/h11-12,16H,3-10H2,1-2H3,(H2,15,18). The molecular formula is C14H27N3O2. The SMILES string of the molecule is CCCCC(CC)C(=O)N(CC(N)=O)C1CCNC1. The summed E-state index contributed by atoms with van der Waals surface area (Å²) in [5.74, 6) is -0.297. The van der Waals surface area contributed by atoms with Crippen LogP contribution in [-0.4, -0.2) is 42.4 Å². The highest BCUT2D eigenvalue weighted by molar-refractivity contribution is 5.85. The zero-order chi connectivity index (χ0) is 14.3. The highest BCUT2D eigenvalue weighted by Gasteiger charge is 2.31. The van der Waals surface area contributed by atoms with Gasteiger partial charge in [-0.3, -0.25) is 9.59 Å². The van der Waals surface area contributed by atoms with Crippen LogP contribution in [0, 0.1) is 5.92 Å². The van der Waals surface area contributed by atoms with Crippen LogP contribution in [0.3, 0.4) is 0 Å². The number of rotatable bonds is 8. The van der Waals surface area contributed by atoms with Crippen molar-refractivity contribution in [2.24, 2.45) is 11.7 Å². The molecule has 0 aliphatic carbocycles. The number of carbonyl (C=O) groups excluding carboxylic acids is 2. The van der Waals surface area contributed by atoms with Crippen LogP contribution in [0.15, 0.2) is 0 Å². The number of nitrogens with two attached hydrogens (primary N) is 1. The molecule has 1 aliphatic heterocycles. The molecule has 0 aromatic rings. The van der Waals surface area contributed by atoms with Gasteiger partial charge in [0.2, 0.25) is 11.8 Å². The largest absolute Gasteiger partial charge is 0.368 e. The fraction of sp³-hybridized carbons (Fsp3) is 0.857. The second kappa shape index (κ2) is 8.15. The number of nitrogens with one attached hydrogen (secondary N) is 1. The maximum atomic E-state index is 12.6. The monoisotopic (exact) mass is 269 g/mol. The van der Waals surface area contributed by atoms with Crippen molar-refractivity contribution in [2.45, 2.75) is 52.0 Å². The maximum Gasteiger partial charge on any atom is 0.237 e. The Morgan fingerprint density at radius 2 is 2.16 bits per heavy atom. The van der Waals surface area contributed by atoms with Gasteiger partial charge in [0.05, 0.1) is 6.54 Å². The van der Waals surface area contributed by atoms with Crippen molar-refractivity contribution >= 4 is 11.8 Å². The molecule has 0 radical (unpaired) electrons. The van der Waals surface area contributed by atoms with Crippen molar-refractivity contribution < 1.29 is 9.59 Å². The predicted molar refractivity (Wildman–Crippen MR) is 75.5 cm³/mol. The van der Waals surface area contributed by atoms with E-state index in [9.17, 15) is 9.59 Å². The van der Waals surface area contributed by atoms with Crippen LogP contribution in [0.2, 0.25) is 0 Å². The summed E-state index contributed by atoms with van der Waals surface area (Å²) in [6.45, 7) is 5.88. The lowest BCUT2D eigenvalue weighted by Crippen LogP contribution is -2.48. The molecule has 0 bridgehead atoms. The molecule has 2 unspecified atom stereocenters. The lowest BCUT2D eigenvalue weighted by Gasteiger charge is -2.30. The fourth-order valence-electron chi connectivity index (χ4n) is 2.65. The molecule has 1 fully saturated rings. The molecule has 3 N–H and O–H groups in total. The average Bonchev–Trinajstić information content (AvgIpc) is 2.90. The Labute approximate surface area is 115 Å². The molecule has 2 atom stereocenters. The molecular weight excluding hydrogens is 242 g/mol. The number of amides is 2. The van der Waals surface area contributed by atoms with Crippen LogP contribution in [0.1, 0.15) is 46.0 Å². The van der Waals surface area contributed by atoms with Gasteiger partial charge in [-0.15, -0.1) is 0 Å². The zero-order valence-corrected chi connectivity index (χ0v) is 12.2. The summed E-state index contributed by atoms with van der Waals surface area (Å²) in [5, 5.41) is 3.24. The first kappa shape index (κ1) is 16.0. The van der Waals surface area contributed by atoms with E-state index in [0.717, 1.165) is 45.2 Å². The first-order chi connectivity index (χ1) is 9.10. The minimum Gasteiger partial charge on any atom is -0.368 e. The quantitative estimate of drug-likeness (QED) is 0.687. The van der Waals surface area contributed by atoms with Crippen molar-refractivity contribution in [1.82, 2.24) is 10.2 Å². The van der Waals surface area contributed by atoms with Crippen molar-refractivity contribution in [2.75, 3.05) is 19.6 Å². The minimum absolute atomic E-state index is 0.0277. The highest BCUT2D eigenvalue weighted by Crippen LogP contribution is 2.19. The summed E-state index contributed by atoms with van der Waals surface area (Å²) >= 11 is 0. The number of unbranched alkanes of at least 4 members (excludes halogenated alkanes) is 1. The lowest BCUT2D eigenvalue weighted by molar-refractivity contribution is -0.141. The van der Waals surface area contributed by atoms with Gasteiger partial charge >= 0.3 is 0 Å². The Kier molecular flexibility index (Phi) is 6.84. The molecule has 110 valence electrons. The third-order valence-electron chi connectivity index (χ3n) is 3.83. The Hall–Kier alpha value is -1.10. The maximum absolute atomic E-state index is 12.6. The summed E-state index contributed by atoms with van der Waals surface area (Å²) in [7, 11) is 0. The molecule has 1 saturated heterocycles. The Morgan fingerprint density at radius 3 is 2.63 bits per heavy atom. The van der Waals surface area contributed by atoms with Crippen molar-refractivity contribution in [3.8, 4) is 0 Å². The van der Waals surface area contributed by atoms with Crippen LogP contribution in [0.5, 0.6) is 0 Å². The number of nitrogens with zero attached hydrogens (tertiary/aromatic N) is 1. The Balaban J connectivity index is 2.70. The van der Waals surface area contributed by atoms with Crippen LogP contribution >= 0.6 is 0 Å². The van der Waals surface area contributed by atoms with E-state index in [1.807, 2.05) is 6.92 Å². The number of primary amides is 1. The van der Waals surface area contributed by atoms with Gasteiger partial charge in [-0.2, -0.15) is 0 Å². The van der Waals surface area contributed by atoms with Gasteiger partial charge in [0.25, 0.3) is 0 Å². The molecule has 5 heteroatoms. The van der Waals surface area contributed by atoms with Crippen LogP contribution in [0.4, 0.5) is 0 Å². The molecule has 2 amide bonds. The molecule has 0 saturated carbocycles. The Bertz CT molecular complexity index is 301. The number of hydrogen-bond donors (Lipinski definition) is 2. The molecule has 1 aliphatic rings. The number of carbonyl (C=O) groups is 2. The first-order valence-electron chi connectivity index (χ1n) is 7.39. The normalized spacial score (nSPS) is 20.2. The second-order valence-electron chi connectivity index (χ2n) is 5.33. The van der Waals surface area contributed by atoms with Gasteiger partial charge in [-0.05, 0) is 25.8 Å². The predicted octanol–water partition coefficient (Wildman–Crippen LogP) is 0.879. The van der Waals surface area contributed by atoms with E-state index in [1.165, 1.54) is 0 Å². The highest BCUT2D eigenvalue weighted by atomic mass is 16.2. The van der Waals surface area contributed by atoms with Crippen molar-refractivity contribution in [3.63, 3.8) is 0 Å². The minimum atomic E-state index is -0.425.